The zero-order chi connectivity index (χ0) is 15.2. The van der Waals surface area contributed by atoms with Crippen LogP contribution in [0.5, 0.6) is 0 Å². The van der Waals surface area contributed by atoms with Gasteiger partial charge in [-0.1, -0.05) is 19.1 Å². The van der Waals surface area contributed by atoms with Gasteiger partial charge in [-0.15, -0.1) is 0 Å². The van der Waals surface area contributed by atoms with Crippen molar-refractivity contribution in [2.45, 2.75) is 26.3 Å². The Hall–Kier alpha value is -2.14. The molecule has 0 fully saturated rings. The molecule has 1 aromatic carbocycles. The van der Waals surface area contributed by atoms with E-state index in [2.05, 4.69) is 17.3 Å². The fourth-order valence-corrected chi connectivity index (χ4v) is 2.30. The molecule has 1 amide bonds. The van der Waals surface area contributed by atoms with E-state index in [0.717, 1.165) is 29.7 Å². The third kappa shape index (κ3) is 3.92. The van der Waals surface area contributed by atoms with E-state index in [-0.39, 0.29) is 5.91 Å². The Balaban J connectivity index is 1.97. The molecule has 5 heteroatoms. The summed E-state index contributed by atoms with van der Waals surface area (Å²) in [6.07, 6.45) is 3.64. The van der Waals surface area contributed by atoms with Gasteiger partial charge in [0.2, 0.25) is 0 Å². The van der Waals surface area contributed by atoms with E-state index in [1.54, 1.807) is 4.68 Å². The van der Waals surface area contributed by atoms with Crippen molar-refractivity contribution in [3.8, 4) is 0 Å². The molecule has 0 saturated carbocycles. The van der Waals surface area contributed by atoms with Crippen molar-refractivity contribution in [3.05, 3.63) is 52.8 Å². The van der Waals surface area contributed by atoms with Crippen LogP contribution in [0.25, 0.3) is 0 Å². The maximum Gasteiger partial charge on any atom is 0.251 e. The number of nitrogens with zero attached hydrogens (tertiary/aromatic N) is 2. The van der Waals surface area contributed by atoms with Crippen LogP contribution in [0.1, 0.15) is 34.1 Å². The van der Waals surface area contributed by atoms with E-state index in [9.17, 15) is 4.79 Å². The Labute approximate surface area is 125 Å². The SMILES string of the molecule is CCc1nn(C)cc1CNC(=O)c1ccc(CCN)cc1. The summed E-state index contributed by atoms with van der Waals surface area (Å²) in [5.74, 6) is -0.0693. The lowest BCUT2D eigenvalue weighted by atomic mass is 10.1. The van der Waals surface area contributed by atoms with Crippen LogP contribution in [0.15, 0.2) is 30.5 Å². The number of aromatic nitrogens is 2. The first kappa shape index (κ1) is 15.3. The number of carbonyl (C=O) groups excluding carboxylic acids is 1. The summed E-state index contributed by atoms with van der Waals surface area (Å²) in [7, 11) is 1.89. The van der Waals surface area contributed by atoms with E-state index in [0.29, 0.717) is 18.7 Å². The first-order chi connectivity index (χ1) is 10.1. The molecule has 0 unspecified atom stereocenters. The van der Waals surface area contributed by atoms with Gasteiger partial charge in [-0.2, -0.15) is 5.10 Å². The lowest BCUT2D eigenvalue weighted by Gasteiger charge is -2.06. The van der Waals surface area contributed by atoms with Gasteiger partial charge in [-0.05, 0) is 37.1 Å². The summed E-state index contributed by atoms with van der Waals surface area (Å²) in [6.45, 7) is 3.18. The minimum atomic E-state index is -0.0693. The number of aryl methyl sites for hydroxylation is 2. The van der Waals surface area contributed by atoms with Gasteiger partial charge in [0.25, 0.3) is 5.91 Å². The first-order valence-electron chi connectivity index (χ1n) is 7.22. The fourth-order valence-electron chi connectivity index (χ4n) is 2.30. The largest absolute Gasteiger partial charge is 0.348 e. The number of carbonyl (C=O) groups is 1. The predicted molar refractivity (Wildman–Crippen MR) is 83.0 cm³/mol. The minimum absolute atomic E-state index is 0.0693. The number of nitrogens with two attached hydrogens (primary N) is 1. The zero-order valence-corrected chi connectivity index (χ0v) is 12.6. The molecule has 0 spiro atoms. The minimum Gasteiger partial charge on any atom is -0.348 e. The van der Waals surface area contributed by atoms with Crippen LogP contribution in [0.2, 0.25) is 0 Å². The van der Waals surface area contributed by atoms with Crippen molar-refractivity contribution >= 4 is 5.91 Å². The maximum absolute atomic E-state index is 12.1. The van der Waals surface area contributed by atoms with Gasteiger partial charge in [-0.25, -0.2) is 0 Å². The molecule has 2 aromatic rings. The zero-order valence-electron chi connectivity index (χ0n) is 12.6. The van der Waals surface area contributed by atoms with E-state index >= 15 is 0 Å². The first-order valence-corrected chi connectivity index (χ1v) is 7.22. The molecule has 0 bridgehead atoms. The molecule has 5 nitrogen and oxygen atoms in total. The van der Waals surface area contributed by atoms with Crippen molar-refractivity contribution in [1.29, 1.82) is 0 Å². The predicted octanol–water partition coefficient (Wildman–Crippen LogP) is 1.41. The van der Waals surface area contributed by atoms with Gasteiger partial charge in [0.15, 0.2) is 0 Å². The second-order valence-electron chi connectivity index (χ2n) is 5.05. The summed E-state index contributed by atoms with van der Waals surface area (Å²) < 4.78 is 1.78. The Bertz CT molecular complexity index is 601. The Kier molecular flexibility index (Phi) is 5.11. The molecule has 21 heavy (non-hydrogen) atoms. The maximum atomic E-state index is 12.1. The molecule has 2 rings (SSSR count). The fraction of sp³-hybridized carbons (Fsp3) is 0.375. The molecular weight excluding hydrogens is 264 g/mol. The molecule has 0 aliphatic heterocycles. The van der Waals surface area contributed by atoms with Crippen molar-refractivity contribution in [2.75, 3.05) is 6.54 Å². The number of rotatable bonds is 6. The van der Waals surface area contributed by atoms with Crippen molar-refractivity contribution in [3.63, 3.8) is 0 Å². The van der Waals surface area contributed by atoms with Crippen LogP contribution in [0.3, 0.4) is 0 Å². The number of hydrogen-bond donors (Lipinski definition) is 2. The summed E-state index contributed by atoms with van der Waals surface area (Å²) in [6, 6.07) is 7.57. The van der Waals surface area contributed by atoms with Crippen LogP contribution in [-0.4, -0.2) is 22.2 Å². The molecule has 0 saturated heterocycles. The lowest BCUT2D eigenvalue weighted by molar-refractivity contribution is 0.0951. The molecule has 112 valence electrons. The molecule has 1 aromatic heterocycles. The highest BCUT2D eigenvalue weighted by atomic mass is 16.1. The average molecular weight is 286 g/mol. The van der Waals surface area contributed by atoms with Crippen LogP contribution in [0, 0.1) is 0 Å². The highest BCUT2D eigenvalue weighted by molar-refractivity contribution is 5.94. The van der Waals surface area contributed by atoms with Crippen LogP contribution >= 0.6 is 0 Å². The molecule has 0 aliphatic rings. The lowest BCUT2D eigenvalue weighted by Crippen LogP contribution is -2.23. The van der Waals surface area contributed by atoms with Crippen molar-refractivity contribution in [2.24, 2.45) is 12.8 Å². The van der Waals surface area contributed by atoms with E-state index in [1.807, 2.05) is 37.5 Å². The van der Waals surface area contributed by atoms with Crippen molar-refractivity contribution in [1.82, 2.24) is 15.1 Å². The van der Waals surface area contributed by atoms with Gasteiger partial charge in [0.05, 0.1) is 5.69 Å². The second kappa shape index (κ2) is 7.04. The number of nitrogens with one attached hydrogen (secondary N) is 1. The third-order valence-electron chi connectivity index (χ3n) is 3.42. The molecule has 1 heterocycles. The van der Waals surface area contributed by atoms with Gasteiger partial charge in [0, 0.05) is 30.9 Å². The summed E-state index contributed by atoms with van der Waals surface area (Å²) in [5.41, 5.74) is 9.41. The number of amides is 1. The summed E-state index contributed by atoms with van der Waals surface area (Å²) in [5, 5.41) is 7.30. The van der Waals surface area contributed by atoms with Gasteiger partial charge in [0.1, 0.15) is 0 Å². The second-order valence-corrected chi connectivity index (χ2v) is 5.05. The van der Waals surface area contributed by atoms with Gasteiger partial charge >= 0.3 is 0 Å². The molecular formula is C16H22N4O. The molecule has 0 aliphatic carbocycles. The van der Waals surface area contributed by atoms with Gasteiger partial charge in [-0.3, -0.25) is 9.48 Å². The quantitative estimate of drug-likeness (QED) is 0.843. The standard InChI is InChI=1S/C16H22N4O/c1-3-15-14(11-20(2)19-15)10-18-16(21)13-6-4-12(5-7-13)8-9-17/h4-7,11H,3,8-10,17H2,1-2H3,(H,18,21). The highest BCUT2D eigenvalue weighted by Gasteiger charge is 2.09. The monoisotopic (exact) mass is 286 g/mol. The highest BCUT2D eigenvalue weighted by Crippen LogP contribution is 2.08. The number of benzene rings is 1. The molecule has 3 N–H and O–H groups in total. The Morgan fingerprint density at radius 1 is 1.33 bits per heavy atom. The van der Waals surface area contributed by atoms with Crippen LogP contribution in [-0.2, 0) is 26.4 Å². The topological polar surface area (TPSA) is 72.9 Å². The third-order valence-corrected chi connectivity index (χ3v) is 3.42. The van der Waals surface area contributed by atoms with E-state index < -0.39 is 0 Å². The normalized spacial score (nSPS) is 10.6. The summed E-state index contributed by atoms with van der Waals surface area (Å²) in [4.78, 5) is 12.1. The Morgan fingerprint density at radius 2 is 2.05 bits per heavy atom. The molecule has 0 atom stereocenters. The molecule has 0 radical (unpaired) electrons. The number of hydrogen-bond acceptors (Lipinski definition) is 3. The smallest absolute Gasteiger partial charge is 0.251 e. The van der Waals surface area contributed by atoms with Crippen LogP contribution < -0.4 is 11.1 Å². The van der Waals surface area contributed by atoms with E-state index in [1.165, 1.54) is 0 Å². The summed E-state index contributed by atoms with van der Waals surface area (Å²) >= 11 is 0. The Morgan fingerprint density at radius 3 is 2.67 bits per heavy atom. The van der Waals surface area contributed by atoms with Gasteiger partial charge < -0.3 is 11.1 Å². The van der Waals surface area contributed by atoms with E-state index in [4.69, 9.17) is 5.73 Å². The average Bonchev–Trinajstić information content (AvgIpc) is 2.86. The van der Waals surface area contributed by atoms with Crippen molar-refractivity contribution < 1.29 is 4.79 Å². The van der Waals surface area contributed by atoms with Crippen LogP contribution in [0.4, 0.5) is 0 Å².